The van der Waals surface area contributed by atoms with E-state index in [0.717, 1.165) is 34.4 Å². The minimum Gasteiger partial charge on any atom is -0.388 e. The monoisotopic (exact) mass is 343 g/mol. The van der Waals surface area contributed by atoms with Gasteiger partial charge in [0.25, 0.3) is 5.91 Å². The smallest absolute Gasteiger partial charge is 0.251 e. The highest BCUT2D eigenvalue weighted by molar-refractivity contribution is 9.10. The number of halogens is 1. The molecule has 1 heterocycles. The van der Waals surface area contributed by atoms with Crippen LogP contribution in [0, 0.1) is 6.92 Å². The third-order valence-corrected chi connectivity index (χ3v) is 5.28. The Hall–Kier alpha value is -0.520. The predicted octanol–water partition coefficient (Wildman–Crippen LogP) is 2.75. The van der Waals surface area contributed by atoms with Gasteiger partial charge < -0.3 is 10.4 Å². The van der Waals surface area contributed by atoms with Crippen LogP contribution >= 0.6 is 27.7 Å². The van der Waals surface area contributed by atoms with Gasteiger partial charge in [-0.25, -0.2) is 0 Å². The third kappa shape index (κ3) is 3.97. The van der Waals surface area contributed by atoms with E-state index in [1.165, 1.54) is 0 Å². The molecule has 3 nitrogen and oxygen atoms in total. The number of carbonyl (C=O) groups is 1. The molecule has 0 saturated carbocycles. The topological polar surface area (TPSA) is 49.3 Å². The first-order valence-electron chi connectivity index (χ1n) is 6.35. The van der Waals surface area contributed by atoms with Gasteiger partial charge in [-0.05, 0) is 49.0 Å². The Bertz CT molecular complexity index is 473. The maximum absolute atomic E-state index is 12.0. The molecular weight excluding hydrogens is 326 g/mol. The van der Waals surface area contributed by atoms with Crippen LogP contribution < -0.4 is 5.32 Å². The number of hydrogen-bond donors (Lipinski definition) is 2. The Kier molecular flexibility index (Phi) is 4.92. The van der Waals surface area contributed by atoms with E-state index >= 15 is 0 Å². The summed E-state index contributed by atoms with van der Waals surface area (Å²) < 4.78 is 0.924. The van der Waals surface area contributed by atoms with Crippen molar-refractivity contribution in [1.82, 2.24) is 5.32 Å². The highest BCUT2D eigenvalue weighted by Crippen LogP contribution is 2.26. The fourth-order valence-electron chi connectivity index (χ4n) is 2.01. The van der Waals surface area contributed by atoms with Gasteiger partial charge >= 0.3 is 0 Å². The van der Waals surface area contributed by atoms with E-state index in [1.807, 2.05) is 30.8 Å². The van der Waals surface area contributed by atoms with E-state index in [4.69, 9.17) is 0 Å². The van der Waals surface area contributed by atoms with Gasteiger partial charge in [0, 0.05) is 16.6 Å². The Morgan fingerprint density at radius 1 is 1.47 bits per heavy atom. The lowest BCUT2D eigenvalue weighted by Crippen LogP contribution is -2.45. The summed E-state index contributed by atoms with van der Waals surface area (Å²) >= 11 is 5.27. The molecule has 1 aliphatic rings. The van der Waals surface area contributed by atoms with Crippen LogP contribution in [-0.4, -0.2) is 34.7 Å². The van der Waals surface area contributed by atoms with E-state index < -0.39 is 5.60 Å². The molecule has 1 saturated heterocycles. The summed E-state index contributed by atoms with van der Waals surface area (Å²) in [6.45, 7) is 2.31. The molecule has 104 valence electrons. The van der Waals surface area contributed by atoms with Gasteiger partial charge in [0.1, 0.15) is 0 Å². The van der Waals surface area contributed by atoms with E-state index in [1.54, 1.807) is 6.07 Å². The van der Waals surface area contributed by atoms with E-state index in [-0.39, 0.29) is 5.91 Å². The highest BCUT2D eigenvalue weighted by Gasteiger charge is 2.29. The van der Waals surface area contributed by atoms with Crippen molar-refractivity contribution in [3.05, 3.63) is 33.8 Å². The maximum atomic E-state index is 12.0. The van der Waals surface area contributed by atoms with Gasteiger partial charge in [0.2, 0.25) is 0 Å². The molecule has 2 N–H and O–H groups in total. The van der Waals surface area contributed by atoms with E-state index in [2.05, 4.69) is 21.2 Å². The molecule has 1 aromatic rings. The predicted molar refractivity (Wildman–Crippen MR) is 82.7 cm³/mol. The second-order valence-electron chi connectivity index (χ2n) is 4.98. The first-order valence-corrected chi connectivity index (χ1v) is 8.29. The zero-order valence-corrected chi connectivity index (χ0v) is 13.3. The van der Waals surface area contributed by atoms with Crippen LogP contribution in [0.15, 0.2) is 22.7 Å². The van der Waals surface area contributed by atoms with E-state index in [0.29, 0.717) is 12.1 Å². The normalized spacial score (nSPS) is 18.1. The number of nitrogens with one attached hydrogen (secondary N) is 1. The Balaban J connectivity index is 1.95. The molecule has 0 aromatic heterocycles. The van der Waals surface area contributed by atoms with Crippen LogP contribution in [0.25, 0.3) is 0 Å². The fourth-order valence-corrected chi connectivity index (χ4v) is 3.64. The minimum atomic E-state index is -0.733. The SMILES string of the molecule is Cc1ccc(C(=O)NCC2(O)CCSCC2)cc1Br. The lowest BCUT2D eigenvalue weighted by Gasteiger charge is -2.31. The molecular formula is C14H18BrNO2S. The minimum absolute atomic E-state index is 0.132. The summed E-state index contributed by atoms with van der Waals surface area (Å²) in [5.74, 6) is 1.79. The Morgan fingerprint density at radius 2 is 2.16 bits per heavy atom. The molecule has 19 heavy (non-hydrogen) atoms. The lowest BCUT2D eigenvalue weighted by molar-refractivity contribution is 0.0311. The molecule has 5 heteroatoms. The van der Waals surface area contributed by atoms with Crippen LogP contribution in [0.2, 0.25) is 0 Å². The molecule has 0 unspecified atom stereocenters. The van der Waals surface area contributed by atoms with Crippen molar-refractivity contribution >= 4 is 33.6 Å². The summed E-state index contributed by atoms with van der Waals surface area (Å²) in [5.41, 5.74) is 0.980. The molecule has 0 radical (unpaired) electrons. The largest absolute Gasteiger partial charge is 0.388 e. The number of benzene rings is 1. The average Bonchev–Trinajstić information content (AvgIpc) is 2.40. The first kappa shape index (κ1) is 14.9. The summed E-state index contributed by atoms with van der Waals surface area (Å²) in [6.07, 6.45) is 1.49. The van der Waals surface area contributed by atoms with Gasteiger partial charge in [0.15, 0.2) is 0 Å². The van der Waals surface area contributed by atoms with Crippen molar-refractivity contribution in [3.8, 4) is 0 Å². The van der Waals surface area contributed by atoms with Crippen molar-refractivity contribution in [2.75, 3.05) is 18.1 Å². The zero-order chi connectivity index (χ0) is 13.9. The van der Waals surface area contributed by atoms with Crippen LogP contribution in [0.4, 0.5) is 0 Å². The standard InChI is InChI=1S/C14H18BrNO2S/c1-10-2-3-11(8-12(10)15)13(17)16-9-14(18)4-6-19-7-5-14/h2-3,8,18H,4-7,9H2,1H3,(H,16,17). The number of rotatable bonds is 3. The molecule has 0 aliphatic carbocycles. The number of hydrogen-bond acceptors (Lipinski definition) is 3. The van der Waals surface area contributed by atoms with Gasteiger partial charge in [0.05, 0.1) is 5.60 Å². The molecule has 1 fully saturated rings. The van der Waals surface area contributed by atoms with E-state index in [9.17, 15) is 9.90 Å². The maximum Gasteiger partial charge on any atom is 0.251 e. The van der Waals surface area contributed by atoms with Gasteiger partial charge in [-0.15, -0.1) is 0 Å². The van der Waals surface area contributed by atoms with Gasteiger partial charge in [-0.2, -0.15) is 11.8 Å². The molecule has 0 atom stereocenters. The van der Waals surface area contributed by atoms with Crippen molar-refractivity contribution in [2.24, 2.45) is 0 Å². The molecule has 0 bridgehead atoms. The average molecular weight is 344 g/mol. The van der Waals surface area contributed by atoms with Crippen molar-refractivity contribution in [1.29, 1.82) is 0 Å². The third-order valence-electron chi connectivity index (χ3n) is 3.44. The summed E-state index contributed by atoms with van der Waals surface area (Å²) in [7, 11) is 0. The van der Waals surface area contributed by atoms with Crippen molar-refractivity contribution < 1.29 is 9.90 Å². The second-order valence-corrected chi connectivity index (χ2v) is 7.06. The first-order chi connectivity index (χ1) is 9.00. The van der Waals surface area contributed by atoms with Gasteiger partial charge in [-0.3, -0.25) is 4.79 Å². The number of amides is 1. The highest BCUT2D eigenvalue weighted by atomic mass is 79.9. The number of aryl methyl sites for hydroxylation is 1. The van der Waals surface area contributed by atoms with Crippen LogP contribution in [0.3, 0.4) is 0 Å². The fraction of sp³-hybridized carbons (Fsp3) is 0.500. The summed E-state index contributed by atoms with van der Waals surface area (Å²) in [5, 5.41) is 13.2. The Morgan fingerprint density at radius 3 is 2.79 bits per heavy atom. The quantitative estimate of drug-likeness (QED) is 0.887. The molecule has 1 aliphatic heterocycles. The number of thioether (sulfide) groups is 1. The number of aliphatic hydroxyl groups is 1. The molecule has 1 aromatic carbocycles. The van der Waals surface area contributed by atoms with Crippen LogP contribution in [0.1, 0.15) is 28.8 Å². The van der Waals surface area contributed by atoms with Gasteiger partial charge in [-0.1, -0.05) is 22.0 Å². The van der Waals surface area contributed by atoms with Crippen LogP contribution in [0.5, 0.6) is 0 Å². The lowest BCUT2D eigenvalue weighted by atomic mass is 9.97. The Labute approximate surface area is 126 Å². The molecule has 2 rings (SSSR count). The molecule has 0 spiro atoms. The summed E-state index contributed by atoms with van der Waals surface area (Å²) in [6, 6.07) is 5.52. The van der Waals surface area contributed by atoms with Crippen molar-refractivity contribution in [3.63, 3.8) is 0 Å². The van der Waals surface area contributed by atoms with Crippen LogP contribution in [-0.2, 0) is 0 Å². The number of carbonyl (C=O) groups excluding carboxylic acids is 1. The second kappa shape index (κ2) is 6.29. The van der Waals surface area contributed by atoms with Crippen molar-refractivity contribution in [2.45, 2.75) is 25.4 Å². The summed E-state index contributed by atoms with van der Waals surface area (Å²) in [4.78, 5) is 12.0. The zero-order valence-electron chi connectivity index (χ0n) is 10.9. The molecule has 1 amide bonds.